The minimum Gasteiger partial charge on any atom is -0.379 e. The first-order chi connectivity index (χ1) is 13.1. The van der Waals surface area contributed by atoms with E-state index in [1.807, 2.05) is 30.3 Å². The van der Waals surface area contributed by atoms with Gasteiger partial charge in [-0.1, -0.05) is 36.4 Å². The van der Waals surface area contributed by atoms with Crippen LogP contribution < -0.4 is 4.72 Å². The maximum atomic E-state index is 12.9. The van der Waals surface area contributed by atoms with Crippen LogP contribution in [-0.2, 0) is 27.6 Å². The Bertz CT molecular complexity index is 878. The van der Waals surface area contributed by atoms with Crippen molar-refractivity contribution in [1.29, 1.82) is 0 Å². The minimum absolute atomic E-state index is 0.000646. The van der Waals surface area contributed by atoms with Crippen molar-refractivity contribution in [3.63, 3.8) is 0 Å². The van der Waals surface area contributed by atoms with E-state index >= 15 is 0 Å². The van der Waals surface area contributed by atoms with Gasteiger partial charge in [0.1, 0.15) is 0 Å². The zero-order valence-electron chi connectivity index (χ0n) is 15.4. The fraction of sp³-hybridized carbons (Fsp3) is 0.429. The van der Waals surface area contributed by atoms with E-state index in [4.69, 9.17) is 4.74 Å². The highest BCUT2D eigenvalue weighted by molar-refractivity contribution is 7.89. The second-order valence-electron chi connectivity index (χ2n) is 7.21. The number of hydrogen-bond acceptors (Lipinski definition) is 4. The molecule has 2 aromatic carbocycles. The van der Waals surface area contributed by atoms with Crippen LogP contribution in [0.1, 0.15) is 29.2 Å². The molecule has 2 aliphatic rings. The fourth-order valence-corrected chi connectivity index (χ4v) is 5.10. The Morgan fingerprint density at radius 3 is 2.52 bits per heavy atom. The Kier molecular flexibility index (Phi) is 5.59. The molecule has 0 bridgehead atoms. The number of hydrogen-bond donors (Lipinski definition) is 1. The van der Waals surface area contributed by atoms with Crippen molar-refractivity contribution < 1.29 is 13.2 Å². The van der Waals surface area contributed by atoms with Gasteiger partial charge in [-0.25, -0.2) is 13.1 Å². The summed E-state index contributed by atoms with van der Waals surface area (Å²) >= 11 is 0. The molecule has 1 atom stereocenters. The summed E-state index contributed by atoms with van der Waals surface area (Å²) < 4.78 is 34.1. The third kappa shape index (κ3) is 4.24. The Labute approximate surface area is 161 Å². The Balaban J connectivity index is 1.52. The normalized spacial score (nSPS) is 19.0. The summed E-state index contributed by atoms with van der Waals surface area (Å²) in [4.78, 5) is 2.67. The van der Waals surface area contributed by atoms with Gasteiger partial charge in [0.2, 0.25) is 10.0 Å². The number of ether oxygens (including phenoxy) is 1. The lowest BCUT2D eigenvalue weighted by atomic mass is 10.1. The Morgan fingerprint density at radius 2 is 1.74 bits per heavy atom. The molecule has 6 heteroatoms. The van der Waals surface area contributed by atoms with Crippen LogP contribution in [0.15, 0.2) is 53.4 Å². The lowest BCUT2D eigenvalue weighted by Gasteiger charge is -2.34. The molecule has 0 spiro atoms. The molecule has 1 saturated heterocycles. The first-order valence-electron chi connectivity index (χ1n) is 9.62. The van der Waals surface area contributed by atoms with E-state index in [1.165, 1.54) is 11.1 Å². The second-order valence-corrected chi connectivity index (χ2v) is 8.98. The van der Waals surface area contributed by atoms with E-state index in [9.17, 15) is 8.42 Å². The molecule has 27 heavy (non-hydrogen) atoms. The molecule has 1 N–H and O–H groups in total. The van der Waals surface area contributed by atoms with Crippen LogP contribution in [0.2, 0.25) is 0 Å². The van der Waals surface area contributed by atoms with Gasteiger partial charge < -0.3 is 4.74 Å². The molecular weight excluding hydrogens is 360 g/mol. The van der Waals surface area contributed by atoms with Gasteiger partial charge in [-0.3, -0.25) is 4.90 Å². The zero-order chi connectivity index (χ0) is 18.7. The first kappa shape index (κ1) is 18.6. The standard InChI is InChI=1S/C21H26N2O3S/c24-27(25,20-10-9-17-7-4-8-19(17)15-20)22-16-21(18-5-2-1-3-6-18)23-11-13-26-14-12-23/h1-3,5-6,9-10,15,21-22H,4,7-8,11-14,16H2/t21-/m1/s1. The van der Waals surface area contributed by atoms with E-state index in [1.54, 1.807) is 6.07 Å². The van der Waals surface area contributed by atoms with Crippen LogP contribution in [0.4, 0.5) is 0 Å². The SMILES string of the molecule is O=S(=O)(NC[C@H](c1ccccc1)N1CCOCC1)c1ccc2c(c1)CCC2. The van der Waals surface area contributed by atoms with Crippen molar-refractivity contribution in [2.45, 2.75) is 30.2 Å². The van der Waals surface area contributed by atoms with Gasteiger partial charge in [-0.2, -0.15) is 0 Å². The lowest BCUT2D eigenvalue weighted by molar-refractivity contribution is 0.0172. The molecule has 0 unspecified atom stereocenters. The molecule has 0 saturated carbocycles. The summed E-state index contributed by atoms with van der Waals surface area (Å²) in [6, 6.07) is 15.6. The maximum Gasteiger partial charge on any atom is 0.240 e. The van der Waals surface area contributed by atoms with Gasteiger partial charge in [0, 0.05) is 25.7 Å². The van der Waals surface area contributed by atoms with Crippen LogP contribution in [0, 0.1) is 0 Å². The van der Waals surface area contributed by atoms with E-state index in [0.717, 1.165) is 37.9 Å². The number of benzene rings is 2. The van der Waals surface area contributed by atoms with Crippen LogP contribution >= 0.6 is 0 Å². The summed E-state index contributed by atoms with van der Waals surface area (Å²) in [6.07, 6.45) is 3.13. The number of nitrogens with one attached hydrogen (secondary N) is 1. The van der Waals surface area contributed by atoms with E-state index in [2.05, 4.69) is 21.8 Å². The van der Waals surface area contributed by atoms with Gasteiger partial charge in [-0.05, 0) is 48.1 Å². The van der Waals surface area contributed by atoms with Gasteiger partial charge >= 0.3 is 0 Å². The predicted molar refractivity (Wildman–Crippen MR) is 105 cm³/mol. The van der Waals surface area contributed by atoms with Crippen molar-refractivity contribution in [1.82, 2.24) is 9.62 Å². The quantitative estimate of drug-likeness (QED) is 0.829. The summed E-state index contributed by atoms with van der Waals surface area (Å²) in [7, 11) is -3.53. The molecule has 5 nitrogen and oxygen atoms in total. The summed E-state index contributed by atoms with van der Waals surface area (Å²) in [5.74, 6) is 0. The van der Waals surface area contributed by atoms with Crippen LogP contribution in [-0.4, -0.2) is 46.2 Å². The number of nitrogens with zero attached hydrogens (tertiary/aromatic N) is 1. The highest BCUT2D eigenvalue weighted by Crippen LogP contribution is 2.26. The molecule has 1 aliphatic carbocycles. The van der Waals surface area contributed by atoms with Crippen molar-refractivity contribution in [2.75, 3.05) is 32.8 Å². The van der Waals surface area contributed by atoms with Crippen LogP contribution in [0.3, 0.4) is 0 Å². The van der Waals surface area contributed by atoms with Gasteiger partial charge in [0.15, 0.2) is 0 Å². The monoisotopic (exact) mass is 386 g/mol. The van der Waals surface area contributed by atoms with E-state index < -0.39 is 10.0 Å². The molecule has 1 heterocycles. The van der Waals surface area contributed by atoms with E-state index in [-0.39, 0.29) is 6.04 Å². The van der Waals surface area contributed by atoms with Crippen molar-refractivity contribution in [3.8, 4) is 0 Å². The number of aryl methyl sites for hydroxylation is 2. The van der Waals surface area contributed by atoms with E-state index in [0.29, 0.717) is 24.7 Å². The molecule has 4 rings (SSSR count). The fourth-order valence-electron chi connectivity index (χ4n) is 4.01. The largest absolute Gasteiger partial charge is 0.379 e. The topological polar surface area (TPSA) is 58.6 Å². The van der Waals surface area contributed by atoms with Crippen molar-refractivity contribution >= 4 is 10.0 Å². The summed E-state index contributed by atoms with van der Waals surface area (Å²) in [6.45, 7) is 3.32. The van der Waals surface area contributed by atoms with Gasteiger partial charge in [0.25, 0.3) is 0 Å². The smallest absolute Gasteiger partial charge is 0.240 e. The van der Waals surface area contributed by atoms with Crippen molar-refractivity contribution in [2.24, 2.45) is 0 Å². The molecule has 0 amide bonds. The molecular formula is C21H26N2O3S. The van der Waals surface area contributed by atoms with Gasteiger partial charge in [0.05, 0.1) is 18.1 Å². The first-order valence-corrected chi connectivity index (χ1v) is 11.1. The summed E-state index contributed by atoms with van der Waals surface area (Å²) in [5, 5.41) is 0. The highest BCUT2D eigenvalue weighted by atomic mass is 32.2. The summed E-state index contributed by atoms with van der Waals surface area (Å²) in [5.41, 5.74) is 3.58. The molecule has 1 aliphatic heterocycles. The third-order valence-electron chi connectivity index (χ3n) is 5.52. The number of fused-ring (bicyclic) bond motifs is 1. The average Bonchev–Trinajstić information content (AvgIpc) is 3.18. The average molecular weight is 387 g/mol. The minimum atomic E-state index is -3.53. The van der Waals surface area contributed by atoms with Gasteiger partial charge in [-0.15, -0.1) is 0 Å². The predicted octanol–water partition coefficient (Wildman–Crippen LogP) is 2.53. The molecule has 0 radical (unpaired) electrons. The molecule has 1 fully saturated rings. The number of morpholine rings is 1. The second kappa shape index (κ2) is 8.10. The van der Waals surface area contributed by atoms with Crippen LogP contribution in [0.5, 0.6) is 0 Å². The third-order valence-corrected chi connectivity index (χ3v) is 6.94. The Hall–Kier alpha value is -1.73. The zero-order valence-corrected chi connectivity index (χ0v) is 16.2. The molecule has 2 aromatic rings. The number of sulfonamides is 1. The number of rotatable bonds is 6. The van der Waals surface area contributed by atoms with Crippen LogP contribution in [0.25, 0.3) is 0 Å². The van der Waals surface area contributed by atoms with Crippen molar-refractivity contribution in [3.05, 3.63) is 65.2 Å². The highest BCUT2D eigenvalue weighted by Gasteiger charge is 2.25. The molecule has 0 aromatic heterocycles. The lowest BCUT2D eigenvalue weighted by Crippen LogP contribution is -2.43. The molecule has 144 valence electrons. The Morgan fingerprint density at radius 1 is 1.00 bits per heavy atom. The maximum absolute atomic E-state index is 12.9.